The van der Waals surface area contributed by atoms with Gasteiger partial charge in [-0.1, -0.05) is 18.2 Å². The van der Waals surface area contributed by atoms with E-state index < -0.39 is 17.4 Å². The molecule has 1 atom stereocenters. The molecule has 30 heavy (non-hydrogen) atoms. The van der Waals surface area contributed by atoms with Crippen LogP contribution in [0, 0.1) is 12.7 Å². The Bertz CT molecular complexity index is 1130. The molecule has 2 heterocycles. The first-order valence-electron chi connectivity index (χ1n) is 9.42. The lowest BCUT2D eigenvalue weighted by atomic mass is 10.00. The molecule has 7 nitrogen and oxygen atoms in total. The Balaban J connectivity index is 1.51. The maximum absolute atomic E-state index is 13.0. The molecule has 0 spiro atoms. The van der Waals surface area contributed by atoms with Gasteiger partial charge in [0.15, 0.2) is 0 Å². The van der Waals surface area contributed by atoms with Gasteiger partial charge in [-0.05, 0) is 49.2 Å². The lowest BCUT2D eigenvalue weighted by Gasteiger charge is -2.37. The Labute approximate surface area is 173 Å². The first-order valence-corrected chi connectivity index (χ1v) is 9.42. The Hall–Kier alpha value is -3.68. The van der Waals surface area contributed by atoms with E-state index in [1.165, 1.54) is 30.2 Å². The number of carbonyl (C=O) groups excluding carboxylic acids is 2. The number of nitrogens with one attached hydrogen (secondary N) is 1. The number of hydrogen-bond acceptors (Lipinski definition) is 4. The Morgan fingerprint density at radius 3 is 2.70 bits per heavy atom. The number of aromatic nitrogens is 2. The molecule has 0 saturated heterocycles. The normalized spacial score (nSPS) is 18.0. The van der Waals surface area contributed by atoms with E-state index in [1.54, 1.807) is 36.1 Å². The van der Waals surface area contributed by atoms with E-state index in [0.717, 1.165) is 11.1 Å². The summed E-state index contributed by atoms with van der Waals surface area (Å²) in [7, 11) is 1.62. The Morgan fingerprint density at radius 2 is 1.97 bits per heavy atom. The van der Waals surface area contributed by atoms with Crippen LogP contribution in [0.1, 0.15) is 18.1 Å². The second-order valence-corrected chi connectivity index (χ2v) is 7.48. The zero-order valence-electron chi connectivity index (χ0n) is 16.8. The number of aryl methyl sites for hydroxylation is 1. The smallest absolute Gasteiger partial charge is 0.280 e. The van der Waals surface area contributed by atoms with Gasteiger partial charge in [0.1, 0.15) is 11.6 Å². The summed E-state index contributed by atoms with van der Waals surface area (Å²) in [5.41, 5.74) is 1.19. The number of halogens is 1. The van der Waals surface area contributed by atoms with Gasteiger partial charge in [0, 0.05) is 13.2 Å². The summed E-state index contributed by atoms with van der Waals surface area (Å²) >= 11 is 0. The third-order valence-electron chi connectivity index (χ3n) is 5.08. The molecule has 0 fully saturated rings. The van der Waals surface area contributed by atoms with Gasteiger partial charge in [-0.25, -0.2) is 4.39 Å². The predicted molar refractivity (Wildman–Crippen MR) is 110 cm³/mol. The van der Waals surface area contributed by atoms with Crippen LogP contribution < -0.4 is 15.0 Å². The van der Waals surface area contributed by atoms with E-state index in [4.69, 9.17) is 4.74 Å². The fraction of sp³-hybridized carbons (Fsp3) is 0.227. The monoisotopic (exact) mass is 408 g/mol. The number of anilines is 2. The van der Waals surface area contributed by atoms with Gasteiger partial charge in [-0.3, -0.25) is 14.3 Å². The van der Waals surface area contributed by atoms with Crippen LogP contribution in [0.3, 0.4) is 0 Å². The summed E-state index contributed by atoms with van der Waals surface area (Å²) in [4.78, 5) is 27.3. The van der Waals surface area contributed by atoms with E-state index in [1.807, 2.05) is 19.1 Å². The molecule has 1 N–H and O–H groups in total. The molecular formula is C22H21FN4O3. The minimum Gasteiger partial charge on any atom is -0.465 e. The van der Waals surface area contributed by atoms with Crippen LogP contribution in [-0.2, 0) is 16.1 Å². The summed E-state index contributed by atoms with van der Waals surface area (Å²) in [5, 5.41) is 6.91. The van der Waals surface area contributed by atoms with Gasteiger partial charge in [-0.2, -0.15) is 5.10 Å². The minimum atomic E-state index is -1.71. The first-order chi connectivity index (χ1) is 14.3. The molecular weight excluding hydrogens is 387 g/mol. The molecule has 2 amide bonds. The zero-order chi connectivity index (χ0) is 21.5. The van der Waals surface area contributed by atoms with Crippen molar-refractivity contribution in [1.29, 1.82) is 0 Å². The Kier molecular flexibility index (Phi) is 4.77. The van der Waals surface area contributed by atoms with Crippen molar-refractivity contribution in [2.45, 2.75) is 26.0 Å². The molecule has 0 radical (unpaired) electrons. The molecule has 1 unspecified atom stereocenters. The van der Waals surface area contributed by atoms with E-state index in [-0.39, 0.29) is 5.82 Å². The van der Waals surface area contributed by atoms with E-state index >= 15 is 0 Å². The number of rotatable bonds is 4. The molecule has 1 aliphatic heterocycles. The second kappa shape index (κ2) is 7.29. The van der Waals surface area contributed by atoms with Gasteiger partial charge in [0.05, 0.1) is 24.1 Å². The van der Waals surface area contributed by atoms with Gasteiger partial charge < -0.3 is 15.0 Å². The molecule has 4 rings (SSSR count). The van der Waals surface area contributed by atoms with Crippen LogP contribution in [-0.4, -0.2) is 34.2 Å². The van der Waals surface area contributed by atoms with E-state index in [0.29, 0.717) is 23.7 Å². The zero-order valence-corrected chi connectivity index (χ0v) is 16.8. The van der Waals surface area contributed by atoms with Crippen molar-refractivity contribution in [3.63, 3.8) is 0 Å². The quantitative estimate of drug-likeness (QED) is 0.673. The third kappa shape index (κ3) is 3.52. The summed E-state index contributed by atoms with van der Waals surface area (Å²) < 4.78 is 20.5. The molecule has 2 aromatic carbocycles. The summed E-state index contributed by atoms with van der Waals surface area (Å²) in [6, 6.07) is 11.5. The fourth-order valence-electron chi connectivity index (χ4n) is 3.35. The van der Waals surface area contributed by atoms with Crippen LogP contribution in [0.15, 0.2) is 54.9 Å². The average Bonchev–Trinajstić information content (AvgIpc) is 3.15. The molecule has 3 aromatic rings. The number of hydrogen-bond donors (Lipinski definition) is 1. The summed E-state index contributed by atoms with van der Waals surface area (Å²) in [5.74, 6) is -0.893. The lowest BCUT2D eigenvalue weighted by molar-refractivity contribution is -0.144. The maximum Gasteiger partial charge on any atom is 0.280 e. The molecule has 0 bridgehead atoms. The molecule has 154 valence electrons. The maximum atomic E-state index is 13.0. The number of fused-ring (bicyclic) bond motifs is 1. The largest absolute Gasteiger partial charge is 0.465 e. The highest BCUT2D eigenvalue weighted by atomic mass is 19.1. The number of benzene rings is 2. The van der Waals surface area contributed by atoms with Crippen molar-refractivity contribution in [3.8, 4) is 5.75 Å². The summed E-state index contributed by atoms with van der Waals surface area (Å²) in [6.07, 6.45) is 3.12. The molecule has 1 aromatic heterocycles. The van der Waals surface area contributed by atoms with Crippen molar-refractivity contribution in [3.05, 3.63) is 71.8 Å². The number of nitrogens with zero attached hydrogens (tertiary/aromatic N) is 3. The average molecular weight is 408 g/mol. The fourth-order valence-corrected chi connectivity index (χ4v) is 3.35. The predicted octanol–water partition coefficient (Wildman–Crippen LogP) is 3.13. The van der Waals surface area contributed by atoms with Gasteiger partial charge in [0.2, 0.25) is 0 Å². The topological polar surface area (TPSA) is 76.5 Å². The van der Waals surface area contributed by atoms with Crippen molar-refractivity contribution in [2.24, 2.45) is 0 Å². The highest BCUT2D eigenvalue weighted by Crippen LogP contribution is 2.38. The van der Waals surface area contributed by atoms with Crippen LogP contribution >= 0.6 is 0 Å². The molecule has 0 saturated carbocycles. The number of ether oxygens (including phenoxy) is 1. The van der Waals surface area contributed by atoms with Gasteiger partial charge in [-0.15, -0.1) is 0 Å². The van der Waals surface area contributed by atoms with Crippen LogP contribution in [0.25, 0.3) is 0 Å². The minimum absolute atomic E-state index is 0.306. The van der Waals surface area contributed by atoms with Gasteiger partial charge in [0.25, 0.3) is 17.4 Å². The van der Waals surface area contributed by atoms with Crippen molar-refractivity contribution < 1.29 is 18.7 Å². The summed E-state index contributed by atoms with van der Waals surface area (Å²) in [6.45, 7) is 3.79. The van der Waals surface area contributed by atoms with E-state index in [2.05, 4.69) is 10.4 Å². The van der Waals surface area contributed by atoms with Crippen LogP contribution in [0.2, 0.25) is 0 Å². The van der Waals surface area contributed by atoms with E-state index in [9.17, 15) is 14.0 Å². The molecule has 0 aliphatic carbocycles. The SMILES string of the molecule is Cc1ccc2c(c1)N(C)C(=O)C(C)(C(=O)Nc1cnn(Cc3ccc(F)cc3)c1)O2. The van der Waals surface area contributed by atoms with Crippen molar-refractivity contribution in [1.82, 2.24) is 9.78 Å². The standard InChI is InChI=1S/C22H21FN4O3/c1-14-4-9-19-18(10-14)26(3)21(29)22(2,30-19)20(28)25-17-11-24-27(13-17)12-15-5-7-16(23)8-6-15/h4-11,13H,12H2,1-3H3,(H,25,28). The highest BCUT2D eigenvalue weighted by molar-refractivity contribution is 6.19. The van der Waals surface area contributed by atoms with Crippen molar-refractivity contribution >= 4 is 23.2 Å². The third-order valence-corrected chi connectivity index (χ3v) is 5.08. The van der Waals surface area contributed by atoms with Gasteiger partial charge >= 0.3 is 0 Å². The Morgan fingerprint density at radius 1 is 1.23 bits per heavy atom. The van der Waals surface area contributed by atoms with Crippen LogP contribution in [0.4, 0.5) is 15.8 Å². The molecule has 1 aliphatic rings. The number of amides is 2. The highest BCUT2D eigenvalue weighted by Gasteiger charge is 2.49. The number of carbonyl (C=O) groups is 2. The first kappa shape index (κ1) is 19.6. The van der Waals surface area contributed by atoms with Crippen molar-refractivity contribution in [2.75, 3.05) is 17.3 Å². The second-order valence-electron chi connectivity index (χ2n) is 7.48. The molecule has 8 heteroatoms. The number of likely N-dealkylation sites (N-methyl/N-ethyl adjacent to an activating group) is 1. The lowest BCUT2D eigenvalue weighted by Crippen LogP contribution is -2.59. The van der Waals surface area contributed by atoms with Crippen LogP contribution in [0.5, 0.6) is 5.75 Å².